The molecule has 0 saturated carbocycles. The molecular weight excluding hydrogens is 326 g/mol. The number of sulfonamides is 1. The van der Waals surface area contributed by atoms with Crippen LogP contribution in [0.25, 0.3) is 0 Å². The van der Waals surface area contributed by atoms with Crippen molar-refractivity contribution in [2.24, 2.45) is 0 Å². The van der Waals surface area contributed by atoms with Crippen molar-refractivity contribution in [2.75, 3.05) is 14.1 Å². The third-order valence-electron chi connectivity index (χ3n) is 4.18. The monoisotopic (exact) mass is 345 g/mol. The number of carbonyl (C=O) groups excluding carboxylic acids is 1. The molecule has 2 aromatic carbocycles. The molecule has 5 nitrogen and oxygen atoms in total. The summed E-state index contributed by atoms with van der Waals surface area (Å²) in [7, 11) is -0.675. The molecule has 1 aliphatic carbocycles. The van der Waals surface area contributed by atoms with E-state index in [0.717, 1.165) is 22.7 Å². The van der Waals surface area contributed by atoms with Crippen LogP contribution in [-0.2, 0) is 21.2 Å². The van der Waals surface area contributed by atoms with Gasteiger partial charge in [0.1, 0.15) is 6.10 Å². The van der Waals surface area contributed by atoms with Crippen LogP contribution < -0.4 is 0 Å². The number of nitrogens with zero attached hydrogens (tertiary/aromatic N) is 1. The lowest BCUT2D eigenvalue weighted by molar-refractivity contribution is 0.0301. The lowest BCUT2D eigenvalue weighted by Gasteiger charge is -2.15. The normalized spacial score (nSPS) is 16.9. The van der Waals surface area contributed by atoms with E-state index >= 15 is 0 Å². The van der Waals surface area contributed by atoms with Crippen molar-refractivity contribution in [1.82, 2.24) is 4.31 Å². The number of hydrogen-bond acceptors (Lipinski definition) is 4. The summed E-state index contributed by atoms with van der Waals surface area (Å²) in [5.41, 5.74) is 2.46. The molecule has 1 atom stereocenters. The van der Waals surface area contributed by atoms with Crippen molar-refractivity contribution in [2.45, 2.75) is 23.8 Å². The fourth-order valence-electron chi connectivity index (χ4n) is 2.83. The van der Waals surface area contributed by atoms with Gasteiger partial charge in [-0.05, 0) is 42.2 Å². The van der Waals surface area contributed by atoms with Gasteiger partial charge in [0, 0.05) is 14.1 Å². The van der Waals surface area contributed by atoms with Crippen molar-refractivity contribution < 1.29 is 17.9 Å². The minimum atomic E-state index is -3.58. The van der Waals surface area contributed by atoms with E-state index in [1.807, 2.05) is 24.3 Å². The van der Waals surface area contributed by atoms with Crippen LogP contribution >= 0.6 is 0 Å². The summed E-state index contributed by atoms with van der Waals surface area (Å²) in [5.74, 6) is -0.507. The number of hydrogen-bond donors (Lipinski definition) is 0. The molecule has 0 heterocycles. The highest BCUT2D eigenvalue weighted by Crippen LogP contribution is 2.34. The Morgan fingerprint density at radius 1 is 1.12 bits per heavy atom. The van der Waals surface area contributed by atoms with Gasteiger partial charge in [-0.2, -0.15) is 0 Å². The highest BCUT2D eigenvalue weighted by Gasteiger charge is 2.26. The molecule has 0 bridgehead atoms. The van der Waals surface area contributed by atoms with Crippen LogP contribution in [0.1, 0.15) is 34.0 Å². The number of rotatable bonds is 4. The topological polar surface area (TPSA) is 63.7 Å². The Hall–Kier alpha value is -2.18. The molecule has 0 aromatic heterocycles. The van der Waals surface area contributed by atoms with E-state index in [0.29, 0.717) is 0 Å². The molecule has 2 aromatic rings. The Morgan fingerprint density at radius 2 is 1.88 bits per heavy atom. The summed E-state index contributed by atoms with van der Waals surface area (Å²) < 4.78 is 31.1. The van der Waals surface area contributed by atoms with Crippen molar-refractivity contribution >= 4 is 16.0 Å². The molecule has 0 N–H and O–H groups in total. The van der Waals surface area contributed by atoms with Gasteiger partial charge in [-0.15, -0.1) is 0 Å². The maximum Gasteiger partial charge on any atom is 0.338 e. The lowest BCUT2D eigenvalue weighted by Crippen LogP contribution is -2.22. The summed E-state index contributed by atoms with van der Waals surface area (Å²) >= 11 is 0. The van der Waals surface area contributed by atoms with Gasteiger partial charge < -0.3 is 4.74 Å². The van der Waals surface area contributed by atoms with Gasteiger partial charge in [0.25, 0.3) is 0 Å². The predicted molar refractivity (Wildman–Crippen MR) is 90.2 cm³/mol. The van der Waals surface area contributed by atoms with Gasteiger partial charge in [0.05, 0.1) is 10.5 Å². The van der Waals surface area contributed by atoms with Gasteiger partial charge in [-0.1, -0.05) is 30.3 Å². The third-order valence-corrected chi connectivity index (χ3v) is 5.99. The molecule has 0 fully saturated rings. The first-order valence-corrected chi connectivity index (χ1v) is 9.15. The molecule has 24 heavy (non-hydrogen) atoms. The number of benzene rings is 2. The van der Waals surface area contributed by atoms with E-state index in [4.69, 9.17) is 4.74 Å². The third kappa shape index (κ3) is 3.07. The second-order valence-electron chi connectivity index (χ2n) is 5.95. The van der Waals surface area contributed by atoms with Crippen LogP contribution in [0, 0.1) is 0 Å². The number of carbonyl (C=O) groups is 1. The summed E-state index contributed by atoms with van der Waals surface area (Å²) in [4.78, 5) is 12.5. The zero-order valence-electron chi connectivity index (χ0n) is 13.6. The first kappa shape index (κ1) is 16.7. The Bertz CT molecular complexity index is 874. The van der Waals surface area contributed by atoms with E-state index < -0.39 is 16.0 Å². The quantitative estimate of drug-likeness (QED) is 0.800. The zero-order chi connectivity index (χ0) is 17.3. The molecule has 0 spiro atoms. The van der Waals surface area contributed by atoms with Crippen LogP contribution in [0.3, 0.4) is 0 Å². The molecule has 0 aliphatic heterocycles. The van der Waals surface area contributed by atoms with Crippen molar-refractivity contribution in [3.8, 4) is 0 Å². The second kappa shape index (κ2) is 6.37. The highest BCUT2D eigenvalue weighted by atomic mass is 32.2. The van der Waals surface area contributed by atoms with Crippen LogP contribution in [0.2, 0.25) is 0 Å². The van der Waals surface area contributed by atoms with Crippen molar-refractivity contribution in [1.29, 1.82) is 0 Å². The fraction of sp³-hybridized carbons (Fsp3) is 0.278. The molecule has 1 aliphatic rings. The number of aryl methyl sites for hydroxylation is 1. The fourth-order valence-corrected chi connectivity index (χ4v) is 3.78. The van der Waals surface area contributed by atoms with E-state index in [1.54, 1.807) is 12.1 Å². The second-order valence-corrected chi connectivity index (χ2v) is 8.10. The minimum Gasteiger partial charge on any atom is -0.454 e. The number of fused-ring (bicyclic) bond motifs is 1. The SMILES string of the molecule is CN(C)S(=O)(=O)c1cccc(C(=O)O[C@H]2CCc3ccccc32)c1. The molecule has 0 amide bonds. The molecule has 0 unspecified atom stereocenters. The van der Waals surface area contributed by atoms with E-state index in [2.05, 4.69) is 0 Å². The Morgan fingerprint density at radius 3 is 2.62 bits per heavy atom. The minimum absolute atomic E-state index is 0.0776. The lowest BCUT2D eigenvalue weighted by atomic mass is 10.1. The van der Waals surface area contributed by atoms with Crippen molar-refractivity contribution in [3.63, 3.8) is 0 Å². The van der Waals surface area contributed by atoms with Gasteiger partial charge in [-0.3, -0.25) is 0 Å². The Kier molecular flexibility index (Phi) is 4.43. The smallest absolute Gasteiger partial charge is 0.338 e. The van der Waals surface area contributed by atoms with Crippen LogP contribution in [0.15, 0.2) is 53.4 Å². The maximum atomic E-state index is 12.4. The van der Waals surface area contributed by atoms with Crippen LogP contribution in [0.4, 0.5) is 0 Å². The highest BCUT2D eigenvalue weighted by molar-refractivity contribution is 7.89. The molecule has 0 radical (unpaired) electrons. The van der Waals surface area contributed by atoms with Gasteiger partial charge in [0.15, 0.2) is 0 Å². The Labute approximate surface area is 141 Å². The molecule has 3 rings (SSSR count). The van der Waals surface area contributed by atoms with E-state index in [1.165, 1.54) is 31.8 Å². The largest absolute Gasteiger partial charge is 0.454 e. The number of ether oxygens (including phenoxy) is 1. The molecular formula is C18H19NO4S. The first-order chi connectivity index (χ1) is 11.4. The summed E-state index contributed by atoms with van der Waals surface area (Å²) in [6.45, 7) is 0. The summed E-state index contributed by atoms with van der Waals surface area (Å²) in [6, 6.07) is 13.8. The van der Waals surface area contributed by atoms with Gasteiger partial charge in [0.2, 0.25) is 10.0 Å². The van der Waals surface area contributed by atoms with E-state index in [-0.39, 0.29) is 16.6 Å². The zero-order valence-corrected chi connectivity index (χ0v) is 14.4. The summed E-state index contributed by atoms with van der Waals surface area (Å²) in [5, 5.41) is 0. The number of esters is 1. The van der Waals surface area contributed by atoms with Gasteiger partial charge in [-0.25, -0.2) is 17.5 Å². The van der Waals surface area contributed by atoms with Crippen LogP contribution in [-0.4, -0.2) is 32.8 Å². The first-order valence-electron chi connectivity index (χ1n) is 7.71. The standard InChI is InChI=1S/C18H19NO4S/c1-19(2)24(21,22)15-8-5-7-14(12-15)18(20)23-17-11-10-13-6-3-4-9-16(13)17/h3-9,12,17H,10-11H2,1-2H3/t17-/m0/s1. The average molecular weight is 345 g/mol. The van der Waals surface area contributed by atoms with Gasteiger partial charge >= 0.3 is 5.97 Å². The predicted octanol–water partition coefficient (Wildman–Crippen LogP) is 2.78. The Balaban J connectivity index is 1.82. The average Bonchev–Trinajstić information content (AvgIpc) is 2.98. The van der Waals surface area contributed by atoms with E-state index in [9.17, 15) is 13.2 Å². The molecule has 126 valence electrons. The van der Waals surface area contributed by atoms with Crippen LogP contribution in [0.5, 0.6) is 0 Å². The maximum absolute atomic E-state index is 12.4. The summed E-state index contributed by atoms with van der Waals surface area (Å²) in [6.07, 6.45) is 1.35. The molecule has 6 heteroatoms. The van der Waals surface area contributed by atoms with Crippen molar-refractivity contribution in [3.05, 3.63) is 65.2 Å². The molecule has 0 saturated heterocycles.